The largest absolute Gasteiger partial charge is 0.356 e. The van der Waals surface area contributed by atoms with E-state index in [1.165, 1.54) is 0 Å². The Kier molecular flexibility index (Phi) is 7.46. The summed E-state index contributed by atoms with van der Waals surface area (Å²) in [6, 6.07) is 7.63. The van der Waals surface area contributed by atoms with Crippen molar-refractivity contribution < 1.29 is 9.59 Å². The van der Waals surface area contributed by atoms with Gasteiger partial charge in [-0.3, -0.25) is 9.59 Å². The molecule has 1 aromatic carbocycles. The molecule has 116 valence electrons. The van der Waals surface area contributed by atoms with Crippen LogP contribution in [0.4, 0.5) is 5.69 Å². The smallest absolute Gasteiger partial charge is 0.238 e. The Morgan fingerprint density at radius 2 is 1.76 bits per heavy atom. The topological polar surface area (TPSA) is 70.2 Å². The molecule has 0 saturated carbocycles. The van der Waals surface area contributed by atoms with Crippen LogP contribution in [0.15, 0.2) is 24.3 Å². The third-order valence-electron chi connectivity index (χ3n) is 2.86. The van der Waals surface area contributed by atoms with E-state index in [1.807, 2.05) is 45.0 Å². The zero-order valence-corrected chi connectivity index (χ0v) is 13.0. The van der Waals surface area contributed by atoms with Crippen molar-refractivity contribution in [2.75, 3.05) is 25.0 Å². The number of carbonyl (C=O) groups excluding carboxylic acids is 2. The van der Waals surface area contributed by atoms with Crippen molar-refractivity contribution in [1.82, 2.24) is 10.6 Å². The van der Waals surface area contributed by atoms with Gasteiger partial charge in [0, 0.05) is 25.2 Å². The number of carbonyl (C=O) groups is 2. The number of amides is 2. The Labute approximate surface area is 126 Å². The summed E-state index contributed by atoms with van der Waals surface area (Å²) in [5.41, 5.74) is 1.93. The van der Waals surface area contributed by atoms with Gasteiger partial charge in [-0.05, 0) is 25.0 Å². The molecule has 1 aromatic rings. The van der Waals surface area contributed by atoms with Crippen molar-refractivity contribution in [3.63, 3.8) is 0 Å². The molecular weight excluding hydrogens is 266 g/mol. The van der Waals surface area contributed by atoms with Crippen molar-refractivity contribution in [3.8, 4) is 0 Å². The van der Waals surface area contributed by atoms with Crippen LogP contribution in [0.2, 0.25) is 0 Å². The van der Waals surface area contributed by atoms with Crippen LogP contribution >= 0.6 is 0 Å². The van der Waals surface area contributed by atoms with Crippen LogP contribution < -0.4 is 16.0 Å². The maximum absolute atomic E-state index is 11.7. The monoisotopic (exact) mass is 291 g/mol. The van der Waals surface area contributed by atoms with E-state index < -0.39 is 0 Å². The summed E-state index contributed by atoms with van der Waals surface area (Å²) in [5, 5.41) is 8.59. The van der Waals surface area contributed by atoms with Gasteiger partial charge in [0.25, 0.3) is 0 Å². The molecule has 0 spiro atoms. The number of rotatable bonds is 8. The molecule has 0 aliphatic rings. The van der Waals surface area contributed by atoms with E-state index in [0.29, 0.717) is 25.4 Å². The lowest BCUT2D eigenvalue weighted by atomic mass is 10.2. The molecule has 0 unspecified atom stereocenters. The number of nitrogens with one attached hydrogen (secondary N) is 3. The highest BCUT2D eigenvalue weighted by Crippen LogP contribution is 2.07. The minimum atomic E-state index is -0.110. The van der Waals surface area contributed by atoms with Gasteiger partial charge in [-0.15, -0.1) is 0 Å². The summed E-state index contributed by atoms with van der Waals surface area (Å²) in [7, 11) is 0. The molecular formula is C16H25N3O2. The second-order valence-electron chi connectivity index (χ2n) is 5.54. The third kappa shape index (κ3) is 8.09. The molecule has 0 heterocycles. The Bertz CT molecular complexity index is 455. The predicted molar refractivity (Wildman–Crippen MR) is 85.1 cm³/mol. The van der Waals surface area contributed by atoms with Gasteiger partial charge < -0.3 is 16.0 Å². The van der Waals surface area contributed by atoms with Gasteiger partial charge >= 0.3 is 0 Å². The summed E-state index contributed by atoms with van der Waals surface area (Å²) >= 11 is 0. The first kappa shape index (κ1) is 17.2. The minimum absolute atomic E-state index is 0.00939. The summed E-state index contributed by atoms with van der Waals surface area (Å²) in [6.07, 6.45) is 0.379. The van der Waals surface area contributed by atoms with E-state index in [-0.39, 0.29) is 18.4 Å². The summed E-state index contributed by atoms with van der Waals surface area (Å²) in [5.74, 6) is 0.346. The van der Waals surface area contributed by atoms with Crippen LogP contribution in [0.1, 0.15) is 25.8 Å². The number of aryl methyl sites for hydroxylation is 1. The zero-order chi connectivity index (χ0) is 15.7. The molecule has 0 aliphatic heterocycles. The fourth-order valence-corrected chi connectivity index (χ4v) is 1.65. The molecule has 2 amide bonds. The number of hydrogen-bond acceptors (Lipinski definition) is 3. The second-order valence-corrected chi connectivity index (χ2v) is 5.54. The lowest BCUT2D eigenvalue weighted by molar-refractivity contribution is -0.121. The Morgan fingerprint density at radius 3 is 2.38 bits per heavy atom. The first-order valence-electron chi connectivity index (χ1n) is 7.31. The fraction of sp³-hybridized carbons (Fsp3) is 0.500. The maximum Gasteiger partial charge on any atom is 0.238 e. The van der Waals surface area contributed by atoms with Crippen LogP contribution in [0.5, 0.6) is 0 Å². The van der Waals surface area contributed by atoms with Gasteiger partial charge in [-0.2, -0.15) is 0 Å². The first-order valence-corrected chi connectivity index (χ1v) is 7.31. The number of hydrogen-bond donors (Lipinski definition) is 3. The van der Waals surface area contributed by atoms with E-state index in [4.69, 9.17) is 0 Å². The van der Waals surface area contributed by atoms with Crippen LogP contribution in [-0.4, -0.2) is 31.4 Å². The molecule has 0 fully saturated rings. The molecule has 0 atom stereocenters. The van der Waals surface area contributed by atoms with Crippen molar-refractivity contribution >= 4 is 17.5 Å². The van der Waals surface area contributed by atoms with Gasteiger partial charge in [0.05, 0.1) is 6.54 Å². The van der Waals surface area contributed by atoms with Crippen LogP contribution in [0.3, 0.4) is 0 Å². The summed E-state index contributed by atoms with van der Waals surface area (Å²) < 4.78 is 0. The van der Waals surface area contributed by atoms with E-state index in [9.17, 15) is 9.59 Å². The lowest BCUT2D eigenvalue weighted by Crippen LogP contribution is -2.33. The van der Waals surface area contributed by atoms with E-state index in [0.717, 1.165) is 11.3 Å². The molecule has 0 saturated heterocycles. The predicted octanol–water partition coefficient (Wildman–Crippen LogP) is 1.69. The van der Waals surface area contributed by atoms with E-state index >= 15 is 0 Å². The first-order chi connectivity index (χ1) is 9.97. The van der Waals surface area contributed by atoms with Crippen molar-refractivity contribution in [2.45, 2.75) is 27.2 Å². The normalized spacial score (nSPS) is 10.5. The molecule has 3 N–H and O–H groups in total. The zero-order valence-electron chi connectivity index (χ0n) is 13.0. The second kappa shape index (κ2) is 9.13. The third-order valence-corrected chi connectivity index (χ3v) is 2.86. The van der Waals surface area contributed by atoms with Crippen LogP contribution in [0, 0.1) is 12.8 Å². The number of benzene rings is 1. The summed E-state index contributed by atoms with van der Waals surface area (Å²) in [4.78, 5) is 23.1. The van der Waals surface area contributed by atoms with Gasteiger partial charge in [0.1, 0.15) is 0 Å². The molecule has 1 rings (SSSR count). The highest BCUT2D eigenvalue weighted by Gasteiger charge is 2.04. The summed E-state index contributed by atoms with van der Waals surface area (Å²) in [6.45, 7) is 7.47. The minimum Gasteiger partial charge on any atom is -0.356 e. The van der Waals surface area contributed by atoms with Crippen molar-refractivity contribution in [2.24, 2.45) is 5.92 Å². The fourth-order valence-electron chi connectivity index (χ4n) is 1.65. The van der Waals surface area contributed by atoms with Crippen LogP contribution in [0.25, 0.3) is 0 Å². The van der Waals surface area contributed by atoms with Crippen molar-refractivity contribution in [3.05, 3.63) is 29.8 Å². The van der Waals surface area contributed by atoms with Crippen molar-refractivity contribution in [1.29, 1.82) is 0 Å². The number of anilines is 1. The van der Waals surface area contributed by atoms with Crippen LogP contribution in [-0.2, 0) is 9.59 Å². The highest BCUT2D eigenvalue weighted by molar-refractivity contribution is 5.92. The average molecular weight is 291 g/mol. The molecule has 0 radical (unpaired) electrons. The van der Waals surface area contributed by atoms with E-state index in [1.54, 1.807) is 0 Å². The van der Waals surface area contributed by atoms with Gasteiger partial charge in [-0.1, -0.05) is 31.5 Å². The Morgan fingerprint density at radius 1 is 1.10 bits per heavy atom. The molecule has 5 heteroatoms. The quantitative estimate of drug-likeness (QED) is 0.638. The van der Waals surface area contributed by atoms with Gasteiger partial charge in [0.2, 0.25) is 11.8 Å². The highest BCUT2D eigenvalue weighted by atomic mass is 16.2. The van der Waals surface area contributed by atoms with Gasteiger partial charge in [0.15, 0.2) is 0 Å². The van der Waals surface area contributed by atoms with E-state index in [2.05, 4.69) is 16.0 Å². The average Bonchev–Trinajstić information content (AvgIpc) is 2.44. The molecule has 5 nitrogen and oxygen atoms in total. The molecule has 0 bridgehead atoms. The SMILES string of the molecule is Cc1ccc(NC(=O)CNCCC(=O)NCC(C)C)cc1. The standard InChI is InChI=1S/C16H25N3O2/c1-12(2)10-18-15(20)8-9-17-11-16(21)19-14-6-4-13(3)5-7-14/h4-7,12,17H,8-11H2,1-3H3,(H,18,20)(H,19,21). The Balaban J connectivity index is 2.13. The Hall–Kier alpha value is -1.88. The lowest BCUT2D eigenvalue weighted by Gasteiger charge is -2.09. The molecule has 0 aliphatic carbocycles. The molecule has 21 heavy (non-hydrogen) atoms. The maximum atomic E-state index is 11.7. The molecule has 0 aromatic heterocycles. The van der Waals surface area contributed by atoms with Gasteiger partial charge in [-0.25, -0.2) is 0 Å².